The summed E-state index contributed by atoms with van der Waals surface area (Å²) in [6.07, 6.45) is -1.19. The molecule has 3 rings (SSSR count). The molecule has 0 aliphatic heterocycles. The number of nitrogens with zero attached hydrogens (tertiary/aromatic N) is 2. The minimum absolute atomic E-state index is 0.126. The molecule has 0 heterocycles. The number of non-ortho nitro benzene ring substituents is 2. The predicted octanol–water partition coefficient (Wildman–Crippen LogP) is 4.16. The van der Waals surface area contributed by atoms with Gasteiger partial charge in [-0.2, -0.15) is 0 Å². The van der Waals surface area contributed by atoms with E-state index in [1.807, 2.05) is 13.8 Å². The van der Waals surface area contributed by atoms with Crippen molar-refractivity contribution in [1.29, 1.82) is 0 Å². The summed E-state index contributed by atoms with van der Waals surface area (Å²) in [4.78, 5) is 46.6. The minimum atomic E-state index is -1.06. The Kier molecular flexibility index (Phi) is 8.35. The number of ether oxygens (including phenoxy) is 2. The Bertz CT molecular complexity index is 1240. The fourth-order valence-corrected chi connectivity index (χ4v) is 3.32. The van der Waals surface area contributed by atoms with E-state index in [-0.39, 0.29) is 28.6 Å². The lowest BCUT2D eigenvalue weighted by atomic mass is 10.1. The first-order valence-corrected chi connectivity index (χ1v) is 11.0. The zero-order chi connectivity index (χ0) is 27.1. The second kappa shape index (κ2) is 11.6. The van der Waals surface area contributed by atoms with Crippen LogP contribution in [0.4, 0.5) is 11.4 Å². The van der Waals surface area contributed by atoms with E-state index in [2.05, 4.69) is 10.6 Å². The minimum Gasteiger partial charge on any atom is -0.493 e. The molecular formula is C25H24N4O8. The summed E-state index contributed by atoms with van der Waals surface area (Å²) in [5.41, 5.74) is 0.354. The van der Waals surface area contributed by atoms with Crippen molar-refractivity contribution in [3.05, 3.63) is 104 Å². The third kappa shape index (κ3) is 6.78. The molecule has 0 atom stereocenters. The van der Waals surface area contributed by atoms with Crippen LogP contribution in [0, 0.1) is 20.2 Å². The number of amides is 2. The van der Waals surface area contributed by atoms with Crippen molar-refractivity contribution >= 4 is 23.2 Å². The lowest BCUT2D eigenvalue weighted by Crippen LogP contribution is -2.41. The summed E-state index contributed by atoms with van der Waals surface area (Å²) in [6.45, 7) is 3.70. The van der Waals surface area contributed by atoms with Crippen molar-refractivity contribution in [1.82, 2.24) is 10.6 Å². The van der Waals surface area contributed by atoms with Gasteiger partial charge in [-0.3, -0.25) is 29.8 Å². The van der Waals surface area contributed by atoms with Crippen LogP contribution in [0.25, 0.3) is 0 Å². The van der Waals surface area contributed by atoms with Crippen molar-refractivity contribution in [3.8, 4) is 11.5 Å². The fraction of sp³-hybridized carbons (Fsp3) is 0.200. The van der Waals surface area contributed by atoms with Gasteiger partial charge in [-0.15, -0.1) is 0 Å². The van der Waals surface area contributed by atoms with Gasteiger partial charge in [-0.05, 0) is 55.8 Å². The van der Waals surface area contributed by atoms with Crippen LogP contribution in [0.1, 0.15) is 46.3 Å². The molecule has 0 aliphatic carbocycles. The summed E-state index contributed by atoms with van der Waals surface area (Å²) >= 11 is 0. The van der Waals surface area contributed by atoms with Crippen LogP contribution in [0.5, 0.6) is 11.5 Å². The zero-order valence-electron chi connectivity index (χ0n) is 20.2. The van der Waals surface area contributed by atoms with Gasteiger partial charge in [-0.1, -0.05) is 6.07 Å². The average molecular weight is 508 g/mol. The standard InChI is InChI=1S/C25H24N4O8/c1-15(2)37-21-13-8-18(14-22(21)36-3)23(26-24(30)16-4-9-19(10-5-16)28(32)33)27-25(31)17-6-11-20(12-7-17)29(34)35/h4-15,23H,1-3H3,(H,26,30)(H,27,31). The molecule has 0 bridgehead atoms. The topological polar surface area (TPSA) is 163 Å². The van der Waals surface area contributed by atoms with Gasteiger partial charge in [0.1, 0.15) is 6.17 Å². The number of methoxy groups -OCH3 is 1. The highest BCUT2D eigenvalue weighted by Gasteiger charge is 2.22. The maximum Gasteiger partial charge on any atom is 0.269 e. The Morgan fingerprint density at radius 3 is 1.59 bits per heavy atom. The normalized spacial score (nSPS) is 10.6. The van der Waals surface area contributed by atoms with Crippen molar-refractivity contribution in [2.45, 2.75) is 26.1 Å². The highest BCUT2D eigenvalue weighted by Crippen LogP contribution is 2.31. The maximum atomic E-state index is 13.0. The summed E-state index contributed by atoms with van der Waals surface area (Å²) in [5.74, 6) is -0.385. The van der Waals surface area contributed by atoms with E-state index in [4.69, 9.17) is 9.47 Å². The molecule has 0 aliphatic rings. The molecule has 37 heavy (non-hydrogen) atoms. The van der Waals surface area contributed by atoms with Crippen LogP contribution < -0.4 is 20.1 Å². The SMILES string of the molecule is COc1cc(C(NC(=O)c2ccc([N+](=O)[O-])cc2)NC(=O)c2ccc([N+](=O)[O-])cc2)ccc1OC(C)C. The second-order valence-electron chi connectivity index (χ2n) is 8.06. The molecule has 12 heteroatoms. The average Bonchev–Trinajstić information content (AvgIpc) is 2.88. The van der Waals surface area contributed by atoms with E-state index in [9.17, 15) is 29.8 Å². The second-order valence-corrected chi connectivity index (χ2v) is 8.06. The Hall–Kier alpha value is -5.00. The highest BCUT2D eigenvalue weighted by molar-refractivity contribution is 5.97. The number of carbonyl (C=O) groups is 2. The van der Waals surface area contributed by atoms with Gasteiger partial charge in [0.15, 0.2) is 11.5 Å². The van der Waals surface area contributed by atoms with Crippen molar-refractivity contribution < 1.29 is 28.9 Å². The number of nitrogens with one attached hydrogen (secondary N) is 2. The van der Waals surface area contributed by atoms with E-state index in [1.54, 1.807) is 18.2 Å². The molecule has 3 aromatic rings. The van der Waals surface area contributed by atoms with Gasteiger partial charge in [0.2, 0.25) is 0 Å². The number of carbonyl (C=O) groups excluding carboxylic acids is 2. The van der Waals surface area contributed by atoms with Crippen LogP contribution >= 0.6 is 0 Å². The van der Waals surface area contributed by atoms with Crippen LogP contribution in [0.15, 0.2) is 66.7 Å². The summed E-state index contributed by atoms with van der Waals surface area (Å²) in [7, 11) is 1.45. The van der Waals surface area contributed by atoms with Crippen LogP contribution in [-0.2, 0) is 0 Å². The first-order chi connectivity index (χ1) is 17.6. The molecule has 0 unspecified atom stereocenters. The van der Waals surface area contributed by atoms with E-state index in [1.165, 1.54) is 55.6 Å². The molecule has 0 fully saturated rings. The number of rotatable bonds is 10. The summed E-state index contributed by atoms with van der Waals surface area (Å²) < 4.78 is 11.1. The Morgan fingerprint density at radius 2 is 1.22 bits per heavy atom. The van der Waals surface area contributed by atoms with E-state index >= 15 is 0 Å². The first-order valence-electron chi connectivity index (χ1n) is 11.0. The molecule has 0 radical (unpaired) electrons. The van der Waals surface area contributed by atoms with Crippen molar-refractivity contribution in [2.24, 2.45) is 0 Å². The first kappa shape index (κ1) is 26.6. The smallest absolute Gasteiger partial charge is 0.269 e. The van der Waals surface area contributed by atoms with E-state index in [0.29, 0.717) is 17.1 Å². The highest BCUT2D eigenvalue weighted by atomic mass is 16.6. The zero-order valence-corrected chi connectivity index (χ0v) is 20.2. The lowest BCUT2D eigenvalue weighted by molar-refractivity contribution is -0.385. The fourth-order valence-electron chi connectivity index (χ4n) is 3.32. The monoisotopic (exact) mass is 508 g/mol. The number of hydrogen-bond acceptors (Lipinski definition) is 8. The summed E-state index contributed by atoms with van der Waals surface area (Å²) in [5, 5.41) is 27.2. The van der Waals surface area contributed by atoms with Gasteiger partial charge in [-0.25, -0.2) is 0 Å². The molecule has 0 spiro atoms. The lowest BCUT2D eigenvalue weighted by Gasteiger charge is -2.22. The van der Waals surface area contributed by atoms with Gasteiger partial charge >= 0.3 is 0 Å². The molecule has 12 nitrogen and oxygen atoms in total. The Balaban J connectivity index is 1.92. The number of nitro groups is 2. The third-order valence-electron chi connectivity index (χ3n) is 5.12. The largest absolute Gasteiger partial charge is 0.493 e. The third-order valence-corrected chi connectivity index (χ3v) is 5.12. The van der Waals surface area contributed by atoms with Crippen LogP contribution in [0.3, 0.4) is 0 Å². The van der Waals surface area contributed by atoms with Gasteiger partial charge in [0.25, 0.3) is 23.2 Å². The van der Waals surface area contributed by atoms with Crippen molar-refractivity contribution in [3.63, 3.8) is 0 Å². The quantitative estimate of drug-likeness (QED) is 0.234. The van der Waals surface area contributed by atoms with Gasteiger partial charge in [0.05, 0.1) is 23.1 Å². The predicted molar refractivity (Wildman–Crippen MR) is 133 cm³/mol. The Morgan fingerprint density at radius 1 is 0.757 bits per heavy atom. The number of hydrogen-bond donors (Lipinski definition) is 2. The molecule has 192 valence electrons. The molecule has 0 saturated heterocycles. The maximum absolute atomic E-state index is 13.0. The molecule has 0 aromatic heterocycles. The van der Waals surface area contributed by atoms with E-state index < -0.39 is 27.8 Å². The van der Waals surface area contributed by atoms with Crippen LogP contribution in [-0.4, -0.2) is 34.9 Å². The molecule has 3 aromatic carbocycles. The molecule has 2 N–H and O–H groups in total. The number of nitro benzene ring substituents is 2. The van der Waals surface area contributed by atoms with Crippen LogP contribution in [0.2, 0.25) is 0 Å². The molecular weight excluding hydrogens is 484 g/mol. The summed E-state index contributed by atoms with van der Waals surface area (Å²) in [6, 6.07) is 14.8. The van der Waals surface area contributed by atoms with Gasteiger partial charge in [0, 0.05) is 35.4 Å². The molecule has 0 saturated carbocycles. The Labute approximate surface area is 211 Å². The number of benzene rings is 3. The van der Waals surface area contributed by atoms with E-state index in [0.717, 1.165) is 0 Å². The van der Waals surface area contributed by atoms with Gasteiger partial charge < -0.3 is 20.1 Å². The van der Waals surface area contributed by atoms with Crippen molar-refractivity contribution in [2.75, 3.05) is 7.11 Å². The molecule has 2 amide bonds.